The van der Waals surface area contributed by atoms with Crippen molar-refractivity contribution in [3.8, 4) is 0 Å². The molecular weight excluding hydrogens is 409 g/mol. The van der Waals surface area contributed by atoms with Crippen LogP contribution >= 0.6 is 7.29 Å². The van der Waals surface area contributed by atoms with Gasteiger partial charge in [0.05, 0.1) is 26.1 Å². The van der Waals surface area contributed by atoms with E-state index in [-0.39, 0.29) is 51.5 Å². The van der Waals surface area contributed by atoms with Gasteiger partial charge in [0.2, 0.25) is 0 Å². The third-order valence-corrected chi connectivity index (χ3v) is 7.13. The van der Waals surface area contributed by atoms with Crippen LogP contribution in [0.5, 0.6) is 0 Å². The number of hydrogen-bond acceptors (Lipinski definition) is 8. The first-order chi connectivity index (χ1) is 13.7. The molecule has 2 amide bonds. The van der Waals surface area contributed by atoms with Gasteiger partial charge in [-0.05, 0) is 12.6 Å². The van der Waals surface area contributed by atoms with Crippen molar-refractivity contribution in [2.24, 2.45) is 5.11 Å². The van der Waals surface area contributed by atoms with E-state index in [2.05, 4.69) is 10.0 Å². The fourth-order valence-electron chi connectivity index (χ4n) is 2.24. The Hall–Kier alpha value is -2.72. The number of carboxylic acids is 1. The molecule has 0 aromatic heterocycles. The molecule has 29 heavy (non-hydrogen) atoms. The molecule has 0 saturated heterocycles. The second kappa shape index (κ2) is 12.0. The van der Waals surface area contributed by atoms with E-state index >= 15 is 0 Å². The van der Waals surface area contributed by atoms with E-state index < -0.39 is 31.0 Å². The zero-order chi connectivity index (χ0) is 21.9. The van der Waals surface area contributed by atoms with E-state index in [1.54, 1.807) is 0 Å². The SMILES string of the molecule is CN(CCC(=O)ON1C(=O)C=CC1=O)P(=O)(CCOCCN=[N+]=[N-])CCC(=O)O. The van der Waals surface area contributed by atoms with Crippen LogP contribution in [0.15, 0.2) is 17.3 Å². The summed E-state index contributed by atoms with van der Waals surface area (Å²) in [6.45, 7) is 0.249. The first-order valence-electron chi connectivity index (χ1n) is 8.56. The van der Waals surface area contributed by atoms with Crippen molar-refractivity contribution in [1.29, 1.82) is 0 Å². The van der Waals surface area contributed by atoms with Gasteiger partial charge in [-0.15, -0.1) is 0 Å². The van der Waals surface area contributed by atoms with Crippen LogP contribution in [0.1, 0.15) is 12.8 Å². The average molecular weight is 431 g/mol. The summed E-state index contributed by atoms with van der Waals surface area (Å²) < 4.78 is 19.8. The first-order valence-corrected chi connectivity index (χ1v) is 10.6. The van der Waals surface area contributed by atoms with Crippen LogP contribution in [0, 0.1) is 0 Å². The highest BCUT2D eigenvalue weighted by Crippen LogP contribution is 2.48. The molecule has 1 N–H and O–H groups in total. The third-order valence-electron chi connectivity index (χ3n) is 3.88. The molecule has 160 valence electrons. The summed E-state index contributed by atoms with van der Waals surface area (Å²) in [7, 11) is -1.70. The molecule has 0 aromatic rings. The minimum Gasteiger partial charge on any atom is -0.481 e. The van der Waals surface area contributed by atoms with E-state index in [0.29, 0.717) is 5.06 Å². The van der Waals surface area contributed by atoms with Crippen LogP contribution in [0.4, 0.5) is 0 Å². The van der Waals surface area contributed by atoms with Gasteiger partial charge in [0.1, 0.15) is 0 Å². The maximum Gasteiger partial charge on any atom is 0.334 e. The van der Waals surface area contributed by atoms with Gasteiger partial charge in [-0.2, -0.15) is 0 Å². The number of amides is 2. The van der Waals surface area contributed by atoms with Crippen LogP contribution in [0.3, 0.4) is 0 Å². The number of hydrogen-bond donors (Lipinski definition) is 1. The van der Waals surface area contributed by atoms with Crippen LogP contribution in [0.2, 0.25) is 0 Å². The number of nitrogens with zero attached hydrogens (tertiary/aromatic N) is 5. The van der Waals surface area contributed by atoms with E-state index in [1.807, 2.05) is 0 Å². The second-order valence-corrected chi connectivity index (χ2v) is 9.17. The Morgan fingerprint density at radius 2 is 1.90 bits per heavy atom. The van der Waals surface area contributed by atoms with Crippen molar-refractivity contribution in [2.75, 3.05) is 45.7 Å². The highest BCUT2D eigenvalue weighted by atomic mass is 31.2. The fraction of sp³-hybridized carbons (Fsp3) is 0.600. The Morgan fingerprint density at radius 3 is 2.48 bits per heavy atom. The lowest BCUT2D eigenvalue weighted by Gasteiger charge is -2.28. The van der Waals surface area contributed by atoms with E-state index in [9.17, 15) is 23.7 Å². The number of ether oxygens (including phenoxy) is 1. The Bertz CT molecular complexity index is 746. The van der Waals surface area contributed by atoms with Gasteiger partial charge in [0, 0.05) is 42.5 Å². The number of carbonyl (C=O) groups excluding carboxylic acids is 3. The summed E-state index contributed by atoms with van der Waals surface area (Å²) in [4.78, 5) is 52.7. The topological polar surface area (TPSA) is 179 Å². The zero-order valence-electron chi connectivity index (χ0n) is 15.8. The Morgan fingerprint density at radius 1 is 1.24 bits per heavy atom. The predicted molar refractivity (Wildman–Crippen MR) is 98.8 cm³/mol. The molecule has 0 radical (unpaired) electrons. The molecule has 0 aliphatic carbocycles. The molecular formula is C15H22N5O8P. The Labute approximate surface area is 166 Å². The molecule has 1 aliphatic heterocycles. The van der Waals surface area contributed by atoms with Gasteiger partial charge < -0.3 is 19.2 Å². The molecule has 1 heterocycles. The lowest BCUT2D eigenvalue weighted by molar-refractivity contribution is -0.196. The molecule has 0 saturated carbocycles. The van der Waals surface area contributed by atoms with Gasteiger partial charge in [-0.1, -0.05) is 10.2 Å². The van der Waals surface area contributed by atoms with E-state index in [0.717, 1.165) is 12.2 Å². The van der Waals surface area contributed by atoms with Gasteiger partial charge >= 0.3 is 11.9 Å². The van der Waals surface area contributed by atoms with Crippen molar-refractivity contribution in [1.82, 2.24) is 9.73 Å². The standard InChI is InChI=1S/C15H22N5O8P/c1-19(7-4-15(25)28-20-12(21)2-3-13(20)22)29(26,10-5-14(23)24)11-9-27-8-6-17-18-16/h2-3H,4-11H2,1H3,(H,23,24). The van der Waals surface area contributed by atoms with Gasteiger partial charge in [-0.3, -0.25) is 19.1 Å². The van der Waals surface area contributed by atoms with Crippen LogP contribution in [0.25, 0.3) is 10.4 Å². The summed E-state index contributed by atoms with van der Waals surface area (Å²) in [6, 6.07) is 0. The maximum absolute atomic E-state index is 13.2. The Kier molecular flexibility index (Phi) is 10.0. The molecule has 14 heteroatoms. The molecule has 0 aromatic carbocycles. The molecule has 1 rings (SSSR count). The summed E-state index contributed by atoms with van der Waals surface area (Å²) >= 11 is 0. The Balaban J connectivity index is 2.57. The smallest absolute Gasteiger partial charge is 0.334 e. The third kappa shape index (κ3) is 8.44. The molecule has 1 unspecified atom stereocenters. The molecule has 1 atom stereocenters. The normalized spacial score (nSPS) is 15.3. The molecule has 13 nitrogen and oxygen atoms in total. The minimum atomic E-state index is -3.18. The number of imide groups is 1. The van der Waals surface area contributed by atoms with E-state index in [4.69, 9.17) is 20.2 Å². The molecule has 0 fully saturated rings. The van der Waals surface area contributed by atoms with E-state index in [1.165, 1.54) is 11.7 Å². The monoisotopic (exact) mass is 431 g/mol. The predicted octanol–water partition coefficient (Wildman–Crippen LogP) is 0.771. The molecule has 0 bridgehead atoms. The lowest BCUT2D eigenvalue weighted by atomic mass is 10.4. The number of aliphatic carboxylic acids is 1. The van der Waals surface area contributed by atoms with Crippen LogP contribution in [-0.4, -0.2) is 84.3 Å². The quantitative estimate of drug-likeness (QED) is 0.104. The summed E-state index contributed by atoms with van der Waals surface area (Å²) in [5.74, 6) is -3.54. The average Bonchev–Trinajstić information content (AvgIpc) is 2.99. The number of rotatable bonds is 14. The number of carboxylic acid groups (broad SMARTS) is 1. The van der Waals surface area contributed by atoms with Gasteiger partial charge in [0.15, 0.2) is 7.29 Å². The van der Waals surface area contributed by atoms with Crippen LogP contribution < -0.4 is 0 Å². The largest absolute Gasteiger partial charge is 0.481 e. The maximum atomic E-state index is 13.2. The van der Waals surface area contributed by atoms with Gasteiger partial charge in [-0.25, -0.2) is 4.79 Å². The number of carbonyl (C=O) groups is 4. The molecule has 0 spiro atoms. The summed E-state index contributed by atoms with van der Waals surface area (Å²) in [5.41, 5.74) is 8.18. The van der Waals surface area contributed by atoms with Crippen molar-refractivity contribution in [2.45, 2.75) is 12.8 Å². The van der Waals surface area contributed by atoms with Crippen LogP contribution in [-0.2, 0) is 33.3 Å². The second-order valence-electron chi connectivity index (χ2n) is 5.90. The highest BCUT2D eigenvalue weighted by Gasteiger charge is 2.31. The highest BCUT2D eigenvalue weighted by molar-refractivity contribution is 7.61. The van der Waals surface area contributed by atoms with Crippen molar-refractivity contribution >= 4 is 31.0 Å². The molecule has 1 aliphatic rings. The van der Waals surface area contributed by atoms with Crippen molar-refractivity contribution < 1.29 is 38.4 Å². The van der Waals surface area contributed by atoms with Crippen molar-refractivity contribution in [3.63, 3.8) is 0 Å². The number of azide groups is 1. The van der Waals surface area contributed by atoms with Crippen molar-refractivity contribution in [3.05, 3.63) is 22.6 Å². The zero-order valence-corrected chi connectivity index (χ0v) is 16.7. The minimum absolute atomic E-state index is 0.0368. The first kappa shape index (κ1) is 24.3. The summed E-state index contributed by atoms with van der Waals surface area (Å²) in [5, 5.41) is 12.5. The fourth-order valence-corrected chi connectivity index (χ4v) is 4.57. The number of hydroxylamine groups is 2. The lowest BCUT2D eigenvalue weighted by Crippen LogP contribution is -2.34. The summed E-state index contributed by atoms with van der Waals surface area (Å²) in [6.07, 6.45) is 1.23. The van der Waals surface area contributed by atoms with Gasteiger partial charge in [0.25, 0.3) is 11.8 Å².